The first kappa shape index (κ1) is 19.8. The Morgan fingerprint density at radius 1 is 1.19 bits per heavy atom. The van der Waals surface area contributed by atoms with Crippen LogP contribution in [0.4, 0.5) is 0 Å². The van der Waals surface area contributed by atoms with Crippen LogP contribution in [0.3, 0.4) is 0 Å². The summed E-state index contributed by atoms with van der Waals surface area (Å²) < 4.78 is 12.5. The maximum Gasteiger partial charge on any atom is 0.270 e. The zero-order chi connectivity index (χ0) is 21.4. The minimum Gasteiger partial charge on any atom is -0.378 e. The Labute approximate surface area is 181 Å². The van der Waals surface area contributed by atoms with Crippen molar-refractivity contribution in [1.29, 1.82) is 0 Å². The lowest BCUT2D eigenvalue weighted by Gasteiger charge is -2.26. The molecule has 0 saturated carbocycles. The highest BCUT2D eigenvalue weighted by Crippen LogP contribution is 2.30. The molecule has 1 aliphatic heterocycles. The molecule has 10 nitrogen and oxygen atoms in total. The number of amides is 1. The predicted molar refractivity (Wildman–Crippen MR) is 113 cm³/mol. The van der Waals surface area contributed by atoms with Gasteiger partial charge in [-0.1, -0.05) is 10.4 Å². The number of carbonyl (C=O) groups is 1. The van der Waals surface area contributed by atoms with E-state index in [2.05, 4.69) is 25.4 Å². The van der Waals surface area contributed by atoms with Crippen molar-refractivity contribution in [3.8, 4) is 22.2 Å². The SMILES string of the molecule is Cc1nc(C)c(-c2nc(-c3ccc4c(c3)nnn4CCC(=O)N3CCOCC3)no2)s1. The van der Waals surface area contributed by atoms with Crippen molar-refractivity contribution >= 4 is 28.3 Å². The van der Waals surface area contributed by atoms with Crippen LogP contribution in [-0.2, 0) is 16.1 Å². The molecule has 0 radical (unpaired) electrons. The molecule has 1 saturated heterocycles. The number of fused-ring (bicyclic) bond motifs is 1. The van der Waals surface area contributed by atoms with Gasteiger partial charge in [-0.15, -0.1) is 16.4 Å². The van der Waals surface area contributed by atoms with Crippen LogP contribution in [0, 0.1) is 13.8 Å². The fraction of sp³-hybridized carbons (Fsp3) is 0.400. The largest absolute Gasteiger partial charge is 0.378 e. The Bertz CT molecular complexity index is 1240. The normalized spacial score (nSPS) is 14.5. The number of hydrogen-bond donors (Lipinski definition) is 0. The van der Waals surface area contributed by atoms with Crippen molar-refractivity contribution in [2.45, 2.75) is 26.8 Å². The van der Waals surface area contributed by atoms with Gasteiger partial charge in [0.15, 0.2) is 0 Å². The van der Waals surface area contributed by atoms with Crippen molar-refractivity contribution in [3.63, 3.8) is 0 Å². The van der Waals surface area contributed by atoms with E-state index in [0.29, 0.717) is 56.5 Å². The van der Waals surface area contributed by atoms with Gasteiger partial charge in [0.25, 0.3) is 5.89 Å². The molecule has 0 unspecified atom stereocenters. The quantitative estimate of drug-likeness (QED) is 0.466. The molecule has 0 aliphatic carbocycles. The second-order valence-electron chi connectivity index (χ2n) is 7.33. The van der Waals surface area contributed by atoms with Gasteiger partial charge in [0, 0.05) is 25.1 Å². The van der Waals surface area contributed by atoms with Crippen molar-refractivity contribution in [2.24, 2.45) is 0 Å². The first-order valence-electron chi connectivity index (χ1n) is 10.1. The second kappa shape index (κ2) is 8.16. The number of aryl methyl sites for hydroxylation is 3. The number of nitrogens with zero attached hydrogens (tertiary/aromatic N) is 7. The van der Waals surface area contributed by atoms with E-state index >= 15 is 0 Å². The molecule has 0 spiro atoms. The Kier molecular flexibility index (Phi) is 5.20. The molecular formula is C20H21N7O3S. The van der Waals surface area contributed by atoms with Crippen LogP contribution in [0.15, 0.2) is 22.7 Å². The van der Waals surface area contributed by atoms with Gasteiger partial charge in [-0.3, -0.25) is 4.79 Å². The molecule has 0 N–H and O–H groups in total. The van der Waals surface area contributed by atoms with E-state index in [4.69, 9.17) is 9.26 Å². The average Bonchev–Trinajstić information content (AvgIpc) is 3.50. The summed E-state index contributed by atoms with van der Waals surface area (Å²) in [6.07, 6.45) is 0.377. The average molecular weight is 440 g/mol. The molecule has 11 heteroatoms. The lowest BCUT2D eigenvalue weighted by atomic mass is 10.2. The smallest absolute Gasteiger partial charge is 0.270 e. The summed E-state index contributed by atoms with van der Waals surface area (Å²) in [6, 6.07) is 5.70. The molecule has 0 bridgehead atoms. The van der Waals surface area contributed by atoms with Gasteiger partial charge in [0.1, 0.15) is 10.4 Å². The Morgan fingerprint density at radius 3 is 2.81 bits per heavy atom. The summed E-state index contributed by atoms with van der Waals surface area (Å²) >= 11 is 1.53. The monoisotopic (exact) mass is 439 g/mol. The molecule has 1 fully saturated rings. The van der Waals surface area contributed by atoms with Crippen molar-refractivity contribution < 1.29 is 14.1 Å². The van der Waals surface area contributed by atoms with Gasteiger partial charge in [0.05, 0.1) is 36.0 Å². The third kappa shape index (κ3) is 3.93. The minimum absolute atomic E-state index is 0.108. The topological polar surface area (TPSA) is 112 Å². The zero-order valence-electron chi connectivity index (χ0n) is 17.2. The molecule has 1 amide bonds. The third-order valence-corrected chi connectivity index (χ3v) is 6.26. The van der Waals surface area contributed by atoms with Crippen molar-refractivity contribution in [3.05, 3.63) is 28.9 Å². The minimum atomic E-state index is 0.108. The third-order valence-electron chi connectivity index (χ3n) is 5.20. The summed E-state index contributed by atoms with van der Waals surface area (Å²) in [5.41, 5.74) is 3.24. The second-order valence-corrected chi connectivity index (χ2v) is 8.53. The molecule has 4 aromatic rings. The summed E-state index contributed by atoms with van der Waals surface area (Å²) in [6.45, 7) is 6.84. The van der Waals surface area contributed by atoms with Crippen LogP contribution in [0.1, 0.15) is 17.1 Å². The number of carbonyl (C=O) groups excluding carboxylic acids is 1. The van der Waals surface area contributed by atoms with E-state index in [1.165, 1.54) is 11.3 Å². The Balaban J connectivity index is 1.32. The molecule has 160 valence electrons. The first-order valence-corrected chi connectivity index (χ1v) is 10.9. The maximum atomic E-state index is 12.4. The van der Waals surface area contributed by atoms with Crippen LogP contribution in [0.2, 0.25) is 0 Å². The van der Waals surface area contributed by atoms with Crippen LogP contribution in [0.25, 0.3) is 33.2 Å². The van der Waals surface area contributed by atoms with Crippen molar-refractivity contribution in [2.75, 3.05) is 26.3 Å². The van der Waals surface area contributed by atoms with E-state index < -0.39 is 0 Å². The fourth-order valence-corrected chi connectivity index (χ4v) is 4.45. The van der Waals surface area contributed by atoms with Crippen LogP contribution >= 0.6 is 11.3 Å². The zero-order valence-corrected chi connectivity index (χ0v) is 18.1. The maximum absolute atomic E-state index is 12.4. The molecule has 1 aromatic carbocycles. The van der Waals surface area contributed by atoms with Crippen LogP contribution in [0.5, 0.6) is 0 Å². The van der Waals surface area contributed by atoms with E-state index in [0.717, 1.165) is 26.7 Å². The number of morpholine rings is 1. The summed E-state index contributed by atoms with van der Waals surface area (Å²) in [5, 5.41) is 13.5. The van der Waals surface area contributed by atoms with Gasteiger partial charge < -0.3 is 14.2 Å². The number of benzene rings is 1. The van der Waals surface area contributed by atoms with Gasteiger partial charge in [-0.05, 0) is 32.0 Å². The number of aromatic nitrogens is 6. The molecule has 4 heterocycles. The summed E-state index contributed by atoms with van der Waals surface area (Å²) in [5.74, 6) is 1.05. The molecule has 5 rings (SSSR count). The molecule has 0 atom stereocenters. The lowest BCUT2D eigenvalue weighted by molar-refractivity contribution is -0.135. The Morgan fingerprint density at radius 2 is 2.03 bits per heavy atom. The van der Waals surface area contributed by atoms with E-state index in [-0.39, 0.29) is 5.91 Å². The molecule has 3 aromatic heterocycles. The fourth-order valence-electron chi connectivity index (χ4n) is 3.61. The molecule has 1 aliphatic rings. The molecular weight excluding hydrogens is 418 g/mol. The van der Waals surface area contributed by atoms with Crippen LogP contribution < -0.4 is 0 Å². The predicted octanol–water partition coefficient (Wildman–Crippen LogP) is 2.47. The first-order chi connectivity index (χ1) is 15.1. The Hall–Kier alpha value is -3.18. The van der Waals surface area contributed by atoms with Crippen molar-refractivity contribution in [1.82, 2.24) is 35.0 Å². The van der Waals surface area contributed by atoms with Gasteiger partial charge in [-0.25, -0.2) is 9.67 Å². The highest BCUT2D eigenvalue weighted by molar-refractivity contribution is 7.15. The number of hydrogen-bond acceptors (Lipinski definition) is 9. The van der Waals surface area contributed by atoms with Gasteiger partial charge >= 0.3 is 0 Å². The summed E-state index contributed by atoms with van der Waals surface area (Å²) in [4.78, 5) is 24.0. The van der Waals surface area contributed by atoms with E-state index in [9.17, 15) is 4.79 Å². The van der Waals surface area contributed by atoms with Gasteiger partial charge in [-0.2, -0.15) is 4.98 Å². The standard InChI is InChI=1S/C20H21N7O3S/c1-12-18(31-13(2)21-12)20-22-19(24-30-20)14-3-4-16-15(11-14)23-25-27(16)6-5-17(28)26-7-9-29-10-8-26/h3-4,11H,5-10H2,1-2H3. The number of thiazole rings is 1. The highest BCUT2D eigenvalue weighted by Gasteiger charge is 2.19. The lowest BCUT2D eigenvalue weighted by Crippen LogP contribution is -2.41. The number of ether oxygens (including phenoxy) is 1. The summed E-state index contributed by atoms with van der Waals surface area (Å²) in [7, 11) is 0. The van der Waals surface area contributed by atoms with Crippen LogP contribution in [-0.4, -0.2) is 67.2 Å². The van der Waals surface area contributed by atoms with Gasteiger partial charge in [0.2, 0.25) is 11.7 Å². The molecule has 31 heavy (non-hydrogen) atoms. The van der Waals surface area contributed by atoms with E-state index in [1.54, 1.807) is 4.68 Å². The van der Waals surface area contributed by atoms with E-state index in [1.807, 2.05) is 36.9 Å². The highest BCUT2D eigenvalue weighted by atomic mass is 32.1. The number of rotatable bonds is 5.